The maximum absolute atomic E-state index is 11.9. The normalized spacial score (nSPS) is 13.4. The third-order valence-electron chi connectivity index (χ3n) is 2.20. The maximum Gasteiger partial charge on any atom is 0.336 e. The summed E-state index contributed by atoms with van der Waals surface area (Å²) < 4.78 is 31.1. The van der Waals surface area contributed by atoms with Gasteiger partial charge in [0, 0.05) is 25.1 Å². The highest BCUT2D eigenvalue weighted by Gasteiger charge is 2.20. The fourth-order valence-corrected chi connectivity index (χ4v) is 3.69. The smallest absolute Gasteiger partial charge is 0.336 e. The monoisotopic (exact) mass is 293 g/mol. The number of thiophene rings is 1. The van der Waals surface area contributed by atoms with Gasteiger partial charge in [-0.2, -0.15) is 0 Å². The minimum absolute atomic E-state index is 0.00386. The number of hydrogen-bond donors (Lipinski definition) is 2. The second kappa shape index (κ2) is 6.28. The van der Waals surface area contributed by atoms with Crippen LogP contribution in [-0.4, -0.2) is 39.3 Å². The van der Waals surface area contributed by atoms with Crippen LogP contribution in [0.4, 0.5) is 0 Å². The highest BCUT2D eigenvalue weighted by Crippen LogP contribution is 2.20. The SMILES string of the molecule is COCCC(C)NS(=O)(=O)c1cc(C(=O)O)cs1. The van der Waals surface area contributed by atoms with Gasteiger partial charge in [0.1, 0.15) is 4.21 Å². The molecule has 1 aromatic rings. The molecule has 1 unspecified atom stereocenters. The Bertz CT molecular complexity index is 508. The molecule has 1 rings (SSSR count). The summed E-state index contributed by atoms with van der Waals surface area (Å²) in [4.78, 5) is 10.7. The molecule has 6 nitrogen and oxygen atoms in total. The topological polar surface area (TPSA) is 92.7 Å². The van der Waals surface area contributed by atoms with E-state index in [1.807, 2.05) is 0 Å². The Morgan fingerprint density at radius 2 is 2.28 bits per heavy atom. The number of nitrogens with one attached hydrogen (secondary N) is 1. The number of methoxy groups -OCH3 is 1. The Kier molecular flexibility index (Phi) is 5.27. The Morgan fingerprint density at radius 1 is 1.61 bits per heavy atom. The van der Waals surface area contributed by atoms with Crippen LogP contribution in [0.1, 0.15) is 23.7 Å². The lowest BCUT2D eigenvalue weighted by atomic mass is 10.3. The molecule has 0 radical (unpaired) electrons. The lowest BCUT2D eigenvalue weighted by Crippen LogP contribution is -2.32. The van der Waals surface area contributed by atoms with Crippen LogP contribution in [0.5, 0.6) is 0 Å². The zero-order valence-corrected chi connectivity index (χ0v) is 11.7. The first-order valence-electron chi connectivity index (χ1n) is 5.20. The van der Waals surface area contributed by atoms with Crippen LogP contribution in [0.25, 0.3) is 0 Å². The van der Waals surface area contributed by atoms with Crippen molar-refractivity contribution < 1.29 is 23.1 Å². The molecule has 18 heavy (non-hydrogen) atoms. The van der Waals surface area contributed by atoms with Crippen molar-refractivity contribution >= 4 is 27.3 Å². The van der Waals surface area contributed by atoms with E-state index in [0.29, 0.717) is 13.0 Å². The van der Waals surface area contributed by atoms with Crippen molar-refractivity contribution in [3.05, 3.63) is 17.0 Å². The number of ether oxygens (including phenoxy) is 1. The summed E-state index contributed by atoms with van der Waals surface area (Å²) in [5, 5.41) is 10.0. The third kappa shape index (κ3) is 4.05. The molecule has 0 aliphatic rings. The zero-order chi connectivity index (χ0) is 13.8. The van der Waals surface area contributed by atoms with E-state index in [2.05, 4.69) is 4.72 Å². The molecule has 0 bridgehead atoms. The van der Waals surface area contributed by atoms with Crippen molar-refractivity contribution in [2.75, 3.05) is 13.7 Å². The van der Waals surface area contributed by atoms with Gasteiger partial charge < -0.3 is 9.84 Å². The first-order valence-corrected chi connectivity index (χ1v) is 7.56. The number of rotatable bonds is 7. The fraction of sp³-hybridized carbons (Fsp3) is 0.500. The molecule has 0 aliphatic heterocycles. The zero-order valence-electron chi connectivity index (χ0n) is 10.0. The molecule has 0 fully saturated rings. The van der Waals surface area contributed by atoms with Crippen molar-refractivity contribution in [2.24, 2.45) is 0 Å². The standard InChI is InChI=1S/C10H15NO5S2/c1-7(3-4-16-2)11-18(14,15)9-5-8(6-17-9)10(12)13/h5-7,11H,3-4H2,1-2H3,(H,12,13). The van der Waals surface area contributed by atoms with Gasteiger partial charge >= 0.3 is 5.97 Å². The predicted molar refractivity (Wildman–Crippen MR) is 67.6 cm³/mol. The van der Waals surface area contributed by atoms with Gasteiger partial charge in [-0.15, -0.1) is 11.3 Å². The minimum atomic E-state index is -3.65. The molecule has 0 aliphatic carbocycles. The van der Waals surface area contributed by atoms with Crippen LogP contribution < -0.4 is 4.72 Å². The van der Waals surface area contributed by atoms with Gasteiger partial charge in [0.25, 0.3) is 0 Å². The van der Waals surface area contributed by atoms with E-state index >= 15 is 0 Å². The number of sulfonamides is 1. The second-order valence-corrected chi connectivity index (χ2v) is 6.62. The van der Waals surface area contributed by atoms with Crippen molar-refractivity contribution in [3.63, 3.8) is 0 Å². The van der Waals surface area contributed by atoms with Gasteiger partial charge in [0.05, 0.1) is 5.56 Å². The van der Waals surface area contributed by atoms with Crippen LogP contribution in [0.3, 0.4) is 0 Å². The van der Waals surface area contributed by atoms with Crippen molar-refractivity contribution in [1.29, 1.82) is 0 Å². The molecule has 0 spiro atoms. The van der Waals surface area contributed by atoms with E-state index in [-0.39, 0.29) is 15.8 Å². The third-order valence-corrected chi connectivity index (χ3v) is 5.23. The summed E-state index contributed by atoms with van der Waals surface area (Å²) in [5.74, 6) is -1.14. The number of hydrogen-bond acceptors (Lipinski definition) is 5. The Labute approximate surface area is 110 Å². The summed E-state index contributed by atoms with van der Waals surface area (Å²) >= 11 is 0.888. The molecule has 0 amide bonds. The molecular weight excluding hydrogens is 278 g/mol. The molecule has 1 heterocycles. The van der Waals surface area contributed by atoms with Crippen molar-refractivity contribution in [2.45, 2.75) is 23.6 Å². The molecule has 2 N–H and O–H groups in total. The van der Waals surface area contributed by atoms with Crippen molar-refractivity contribution in [1.82, 2.24) is 4.72 Å². The van der Waals surface area contributed by atoms with Gasteiger partial charge in [0.2, 0.25) is 10.0 Å². The average molecular weight is 293 g/mol. The van der Waals surface area contributed by atoms with Crippen LogP contribution in [0, 0.1) is 0 Å². The highest BCUT2D eigenvalue weighted by molar-refractivity contribution is 7.91. The predicted octanol–water partition coefficient (Wildman–Crippen LogP) is 1.15. The number of carbonyl (C=O) groups is 1. The Hall–Kier alpha value is -0.960. The summed E-state index contributed by atoms with van der Waals surface area (Å²) in [7, 11) is -2.11. The first-order chi connectivity index (χ1) is 8.36. The van der Waals surface area contributed by atoms with Crippen LogP contribution in [0.2, 0.25) is 0 Å². The highest BCUT2D eigenvalue weighted by atomic mass is 32.2. The van der Waals surface area contributed by atoms with Gasteiger partial charge in [-0.3, -0.25) is 0 Å². The molecule has 0 aromatic carbocycles. The minimum Gasteiger partial charge on any atom is -0.478 e. The van der Waals surface area contributed by atoms with Crippen LogP contribution in [0.15, 0.2) is 15.7 Å². The van der Waals surface area contributed by atoms with Crippen LogP contribution >= 0.6 is 11.3 Å². The first kappa shape index (κ1) is 15.1. The summed E-state index contributed by atoms with van der Waals surface area (Å²) in [6, 6.07) is 0.878. The molecule has 8 heteroatoms. The lowest BCUT2D eigenvalue weighted by Gasteiger charge is -2.12. The van der Waals surface area contributed by atoms with E-state index in [1.165, 1.54) is 5.38 Å². The molecule has 0 saturated heterocycles. The fourth-order valence-electron chi connectivity index (χ4n) is 1.25. The van der Waals surface area contributed by atoms with Crippen molar-refractivity contribution in [3.8, 4) is 0 Å². The average Bonchev–Trinajstić information content (AvgIpc) is 2.75. The van der Waals surface area contributed by atoms with Gasteiger partial charge in [-0.25, -0.2) is 17.9 Å². The van der Waals surface area contributed by atoms with E-state index in [1.54, 1.807) is 14.0 Å². The van der Waals surface area contributed by atoms with Gasteiger partial charge in [-0.1, -0.05) is 0 Å². The summed E-state index contributed by atoms with van der Waals surface area (Å²) in [6.45, 7) is 2.18. The Balaban J connectivity index is 2.76. The quantitative estimate of drug-likeness (QED) is 0.786. The van der Waals surface area contributed by atoms with E-state index in [4.69, 9.17) is 9.84 Å². The molecular formula is C10H15NO5S2. The van der Waals surface area contributed by atoms with E-state index < -0.39 is 16.0 Å². The number of aromatic carboxylic acids is 1. The van der Waals surface area contributed by atoms with Gasteiger partial charge in [0.15, 0.2) is 0 Å². The maximum atomic E-state index is 11.9. The summed E-state index contributed by atoms with van der Waals surface area (Å²) in [6.07, 6.45) is 0.549. The lowest BCUT2D eigenvalue weighted by molar-refractivity contribution is 0.0697. The van der Waals surface area contributed by atoms with E-state index in [9.17, 15) is 13.2 Å². The number of carboxylic acids is 1. The number of carboxylic acid groups (broad SMARTS) is 1. The molecule has 1 aromatic heterocycles. The van der Waals surface area contributed by atoms with Crippen LogP contribution in [-0.2, 0) is 14.8 Å². The largest absolute Gasteiger partial charge is 0.478 e. The second-order valence-electron chi connectivity index (χ2n) is 3.76. The molecule has 0 saturated carbocycles. The Morgan fingerprint density at radius 3 is 2.78 bits per heavy atom. The van der Waals surface area contributed by atoms with Gasteiger partial charge in [-0.05, 0) is 19.4 Å². The summed E-state index contributed by atoms with van der Waals surface area (Å²) in [5.41, 5.74) is -0.0232. The van der Waals surface area contributed by atoms with E-state index in [0.717, 1.165) is 17.4 Å². The molecule has 1 atom stereocenters. The molecule has 102 valence electrons.